The normalized spacial score (nSPS) is 32.9. The number of hydrogen-bond donors (Lipinski definition) is 1. The predicted octanol–water partition coefficient (Wildman–Crippen LogP) is 3.95. The lowest BCUT2D eigenvalue weighted by Crippen LogP contribution is -2.68. The smallest absolute Gasteiger partial charge is 0.0309 e. The van der Waals surface area contributed by atoms with Crippen molar-refractivity contribution >= 4 is 0 Å². The lowest BCUT2D eigenvalue weighted by atomic mass is 9.75. The molecule has 3 fully saturated rings. The van der Waals surface area contributed by atoms with Crippen molar-refractivity contribution in [2.75, 3.05) is 13.1 Å². The van der Waals surface area contributed by atoms with Gasteiger partial charge >= 0.3 is 0 Å². The maximum atomic E-state index is 4.00. The van der Waals surface area contributed by atoms with Crippen molar-refractivity contribution in [3.63, 3.8) is 0 Å². The van der Waals surface area contributed by atoms with Gasteiger partial charge in [0.05, 0.1) is 0 Å². The monoisotopic (exact) mass is 278 g/mol. The Morgan fingerprint density at radius 3 is 2.20 bits per heavy atom. The highest BCUT2D eigenvalue weighted by atomic mass is 15.3. The van der Waals surface area contributed by atoms with Crippen molar-refractivity contribution in [1.82, 2.24) is 10.2 Å². The van der Waals surface area contributed by atoms with E-state index in [4.69, 9.17) is 0 Å². The predicted molar refractivity (Wildman–Crippen MR) is 86.0 cm³/mol. The Morgan fingerprint density at radius 1 is 0.950 bits per heavy atom. The molecule has 2 saturated carbocycles. The molecule has 0 aromatic carbocycles. The summed E-state index contributed by atoms with van der Waals surface area (Å²) in [7, 11) is 0. The fourth-order valence-corrected chi connectivity index (χ4v) is 4.93. The second-order valence-corrected chi connectivity index (χ2v) is 8.71. The SMILES string of the molecule is CC(C)(C)C1CNC2(CCCCC2)CN1C1CCCC1. The molecule has 2 heteroatoms. The van der Waals surface area contributed by atoms with Crippen LogP contribution in [-0.4, -0.2) is 35.6 Å². The zero-order valence-corrected chi connectivity index (χ0v) is 13.9. The quantitative estimate of drug-likeness (QED) is 0.781. The number of hydrogen-bond acceptors (Lipinski definition) is 2. The standard InChI is InChI=1S/C18H34N2/c1-17(2,3)16-13-19-18(11-7-4-8-12-18)14-20(16)15-9-5-6-10-15/h15-16,19H,4-14H2,1-3H3. The minimum absolute atomic E-state index is 0.395. The molecule has 0 aromatic rings. The van der Waals surface area contributed by atoms with E-state index in [2.05, 4.69) is 31.0 Å². The van der Waals surface area contributed by atoms with Crippen LogP contribution >= 0.6 is 0 Å². The van der Waals surface area contributed by atoms with E-state index in [1.165, 1.54) is 70.9 Å². The molecule has 1 aliphatic heterocycles. The van der Waals surface area contributed by atoms with Crippen LogP contribution in [0.4, 0.5) is 0 Å². The second kappa shape index (κ2) is 5.61. The first-order chi connectivity index (χ1) is 9.50. The van der Waals surface area contributed by atoms with E-state index in [9.17, 15) is 0 Å². The van der Waals surface area contributed by atoms with Crippen molar-refractivity contribution in [1.29, 1.82) is 0 Å². The fraction of sp³-hybridized carbons (Fsp3) is 1.00. The first kappa shape index (κ1) is 14.8. The Labute approximate surface area is 125 Å². The van der Waals surface area contributed by atoms with Crippen molar-refractivity contribution in [3.05, 3.63) is 0 Å². The van der Waals surface area contributed by atoms with Gasteiger partial charge in [0.25, 0.3) is 0 Å². The maximum Gasteiger partial charge on any atom is 0.0309 e. The highest BCUT2D eigenvalue weighted by Gasteiger charge is 2.45. The number of nitrogens with one attached hydrogen (secondary N) is 1. The van der Waals surface area contributed by atoms with Gasteiger partial charge < -0.3 is 5.32 Å². The van der Waals surface area contributed by atoms with Gasteiger partial charge in [-0.2, -0.15) is 0 Å². The molecule has 1 spiro atoms. The van der Waals surface area contributed by atoms with Gasteiger partial charge in [0.2, 0.25) is 0 Å². The average molecular weight is 278 g/mol. The third-order valence-electron chi connectivity index (χ3n) is 6.16. The van der Waals surface area contributed by atoms with E-state index in [0.717, 1.165) is 12.1 Å². The molecule has 0 aromatic heterocycles. The summed E-state index contributed by atoms with van der Waals surface area (Å²) in [4.78, 5) is 2.94. The second-order valence-electron chi connectivity index (χ2n) is 8.71. The third-order valence-corrected chi connectivity index (χ3v) is 6.16. The molecule has 1 N–H and O–H groups in total. The van der Waals surface area contributed by atoms with E-state index in [1.54, 1.807) is 0 Å². The summed E-state index contributed by atoms with van der Waals surface area (Å²) in [5.41, 5.74) is 0.856. The lowest BCUT2D eigenvalue weighted by molar-refractivity contribution is -0.0177. The Bertz CT molecular complexity index is 319. The van der Waals surface area contributed by atoms with Gasteiger partial charge in [-0.15, -0.1) is 0 Å². The van der Waals surface area contributed by atoms with Gasteiger partial charge in [-0.1, -0.05) is 52.9 Å². The van der Waals surface area contributed by atoms with Crippen LogP contribution in [0.2, 0.25) is 0 Å². The summed E-state index contributed by atoms with van der Waals surface area (Å²) in [5.74, 6) is 0. The van der Waals surface area contributed by atoms with Crippen molar-refractivity contribution in [2.24, 2.45) is 5.41 Å². The van der Waals surface area contributed by atoms with Crippen LogP contribution in [0.25, 0.3) is 0 Å². The molecule has 0 amide bonds. The molecule has 0 radical (unpaired) electrons. The molecule has 0 bridgehead atoms. The van der Waals surface area contributed by atoms with Crippen LogP contribution in [0.3, 0.4) is 0 Å². The van der Waals surface area contributed by atoms with Gasteiger partial charge in [0.15, 0.2) is 0 Å². The average Bonchev–Trinajstić information content (AvgIpc) is 2.92. The zero-order valence-electron chi connectivity index (χ0n) is 13.9. The number of nitrogens with zero attached hydrogens (tertiary/aromatic N) is 1. The summed E-state index contributed by atoms with van der Waals surface area (Å²) in [5, 5.41) is 4.00. The van der Waals surface area contributed by atoms with E-state index in [1.807, 2.05) is 0 Å². The maximum absolute atomic E-state index is 4.00. The van der Waals surface area contributed by atoms with Gasteiger partial charge in [-0.05, 0) is 31.1 Å². The topological polar surface area (TPSA) is 15.3 Å². The van der Waals surface area contributed by atoms with E-state index in [-0.39, 0.29) is 0 Å². The van der Waals surface area contributed by atoms with Crippen LogP contribution in [0.1, 0.15) is 78.6 Å². The molecular formula is C18H34N2. The van der Waals surface area contributed by atoms with Gasteiger partial charge in [0.1, 0.15) is 0 Å². The summed E-state index contributed by atoms with van der Waals surface area (Å²) >= 11 is 0. The summed E-state index contributed by atoms with van der Waals surface area (Å²) in [6, 6.07) is 1.60. The summed E-state index contributed by atoms with van der Waals surface area (Å²) in [6.45, 7) is 9.82. The molecule has 2 nitrogen and oxygen atoms in total. The van der Waals surface area contributed by atoms with Crippen LogP contribution in [-0.2, 0) is 0 Å². The zero-order chi connectivity index (χ0) is 14.2. The minimum Gasteiger partial charge on any atom is -0.308 e. The highest BCUT2D eigenvalue weighted by molar-refractivity contribution is 5.04. The van der Waals surface area contributed by atoms with Crippen molar-refractivity contribution in [2.45, 2.75) is 96.2 Å². The Morgan fingerprint density at radius 2 is 1.60 bits per heavy atom. The summed E-state index contributed by atoms with van der Waals surface area (Å²) in [6.07, 6.45) is 13.0. The van der Waals surface area contributed by atoms with E-state index in [0.29, 0.717) is 11.0 Å². The lowest BCUT2D eigenvalue weighted by Gasteiger charge is -2.55. The van der Waals surface area contributed by atoms with Gasteiger partial charge in [0, 0.05) is 30.7 Å². The molecule has 1 heterocycles. The molecule has 20 heavy (non-hydrogen) atoms. The molecule has 116 valence electrons. The first-order valence-electron chi connectivity index (χ1n) is 9.01. The first-order valence-corrected chi connectivity index (χ1v) is 9.01. The van der Waals surface area contributed by atoms with Gasteiger partial charge in [-0.3, -0.25) is 4.90 Å². The molecule has 1 unspecified atom stereocenters. The molecule has 3 rings (SSSR count). The van der Waals surface area contributed by atoms with Crippen LogP contribution in [0.5, 0.6) is 0 Å². The van der Waals surface area contributed by atoms with Crippen LogP contribution in [0, 0.1) is 5.41 Å². The Balaban J connectivity index is 1.77. The number of rotatable bonds is 1. The fourth-order valence-electron chi connectivity index (χ4n) is 4.93. The van der Waals surface area contributed by atoms with Crippen LogP contribution in [0.15, 0.2) is 0 Å². The number of piperazine rings is 1. The summed E-state index contributed by atoms with van der Waals surface area (Å²) < 4.78 is 0. The molecule has 1 saturated heterocycles. The molecule has 2 aliphatic carbocycles. The van der Waals surface area contributed by atoms with Gasteiger partial charge in [-0.25, -0.2) is 0 Å². The highest BCUT2D eigenvalue weighted by Crippen LogP contribution is 2.39. The Kier molecular flexibility index (Phi) is 4.16. The van der Waals surface area contributed by atoms with Crippen molar-refractivity contribution in [3.8, 4) is 0 Å². The molecule has 1 atom stereocenters. The van der Waals surface area contributed by atoms with Crippen LogP contribution < -0.4 is 5.32 Å². The van der Waals surface area contributed by atoms with E-state index < -0.39 is 0 Å². The minimum atomic E-state index is 0.395. The molecular weight excluding hydrogens is 244 g/mol. The largest absolute Gasteiger partial charge is 0.308 e. The Hall–Kier alpha value is -0.0800. The van der Waals surface area contributed by atoms with E-state index >= 15 is 0 Å². The molecule has 3 aliphatic rings. The van der Waals surface area contributed by atoms with Crippen molar-refractivity contribution < 1.29 is 0 Å². The third kappa shape index (κ3) is 2.92.